The number of carbonyl (C=O) groups is 2. The lowest BCUT2D eigenvalue weighted by Crippen LogP contribution is -2.27. The molecule has 3 aromatic carbocycles. The molecule has 7 nitrogen and oxygen atoms in total. The summed E-state index contributed by atoms with van der Waals surface area (Å²) in [5.74, 6) is -0.258. The van der Waals surface area contributed by atoms with Crippen molar-refractivity contribution in [3.8, 4) is 11.5 Å². The summed E-state index contributed by atoms with van der Waals surface area (Å²) in [4.78, 5) is 27.0. The van der Waals surface area contributed by atoms with Gasteiger partial charge in [-0.3, -0.25) is 14.5 Å². The predicted molar refractivity (Wildman–Crippen MR) is 145 cm³/mol. The highest BCUT2D eigenvalue weighted by Crippen LogP contribution is 2.41. The molecule has 1 saturated heterocycles. The first-order valence-electron chi connectivity index (χ1n) is 10.6. The van der Waals surface area contributed by atoms with Crippen molar-refractivity contribution in [2.45, 2.75) is 18.4 Å². The van der Waals surface area contributed by atoms with Crippen molar-refractivity contribution >= 4 is 71.0 Å². The number of benzene rings is 3. The molecule has 0 aliphatic carbocycles. The molecule has 4 rings (SSSR count). The Balaban J connectivity index is 1.63. The fourth-order valence-corrected chi connectivity index (χ4v) is 6.22. The van der Waals surface area contributed by atoms with Crippen molar-refractivity contribution in [2.75, 3.05) is 6.61 Å². The van der Waals surface area contributed by atoms with Gasteiger partial charge in [-0.05, 0) is 82.2 Å². The van der Waals surface area contributed by atoms with E-state index >= 15 is 0 Å². The molecule has 11 heteroatoms. The lowest BCUT2D eigenvalue weighted by molar-refractivity contribution is -0.123. The van der Waals surface area contributed by atoms with E-state index in [0.29, 0.717) is 10.0 Å². The van der Waals surface area contributed by atoms with Gasteiger partial charge in [-0.25, -0.2) is 0 Å². The number of amides is 2. The fourth-order valence-electron chi connectivity index (χ4n) is 3.34. The minimum Gasteiger partial charge on any atom is -0.490 e. The van der Waals surface area contributed by atoms with Crippen LogP contribution in [0.1, 0.15) is 18.1 Å². The first-order valence-corrected chi connectivity index (χ1v) is 14.5. The van der Waals surface area contributed by atoms with Crippen molar-refractivity contribution in [3.05, 3.63) is 91.7 Å². The van der Waals surface area contributed by atoms with Crippen LogP contribution in [-0.2, 0) is 21.5 Å². The number of carbonyl (C=O) groups excluding carboxylic acids is 2. The molecule has 0 unspecified atom stereocenters. The summed E-state index contributed by atoms with van der Waals surface area (Å²) in [6.45, 7) is 2.14. The van der Waals surface area contributed by atoms with Gasteiger partial charge in [-0.2, -0.15) is 8.42 Å². The Kier molecular flexibility index (Phi) is 8.23. The zero-order chi connectivity index (χ0) is 25.9. The molecule has 36 heavy (non-hydrogen) atoms. The average Bonchev–Trinajstić information content (AvgIpc) is 3.10. The highest BCUT2D eigenvalue weighted by molar-refractivity contribution is 9.10. The SMILES string of the molecule is CCOc1cc(/C=C2\SC(=O)N(Cc3ccccc3Br)C2=O)cc(Br)c1OS(=O)(=O)c1ccccc1. The smallest absolute Gasteiger partial charge is 0.339 e. The number of imide groups is 1. The molecule has 1 heterocycles. The minimum absolute atomic E-state index is 0.00199. The standard InChI is InChI=1S/C25H19Br2NO6S2/c1-2-33-21-13-16(12-20(27)23(21)34-36(31,32)18-9-4-3-5-10-18)14-22-24(29)28(25(30)35-22)15-17-8-6-7-11-19(17)26/h3-14H,2,15H2,1H3/b22-14-. The quantitative estimate of drug-likeness (QED) is 0.200. The molecule has 0 spiro atoms. The number of rotatable bonds is 8. The molecule has 1 aliphatic heterocycles. The summed E-state index contributed by atoms with van der Waals surface area (Å²) in [5, 5.41) is -0.375. The van der Waals surface area contributed by atoms with Crippen LogP contribution in [0, 0.1) is 0 Å². The van der Waals surface area contributed by atoms with Crippen molar-refractivity contribution in [1.29, 1.82) is 0 Å². The van der Waals surface area contributed by atoms with E-state index in [1.165, 1.54) is 17.0 Å². The van der Waals surface area contributed by atoms with Crippen LogP contribution in [0.4, 0.5) is 4.79 Å². The van der Waals surface area contributed by atoms with E-state index < -0.39 is 16.0 Å². The normalized spacial score (nSPS) is 15.0. The summed E-state index contributed by atoms with van der Waals surface area (Å²) in [7, 11) is -4.11. The van der Waals surface area contributed by atoms with Crippen molar-refractivity contribution < 1.29 is 26.9 Å². The summed E-state index contributed by atoms with van der Waals surface area (Å²) in [6, 6.07) is 18.3. The second-order valence-electron chi connectivity index (χ2n) is 7.47. The minimum atomic E-state index is -4.11. The second-order valence-corrected chi connectivity index (χ2v) is 11.7. The summed E-state index contributed by atoms with van der Waals surface area (Å²) in [5.41, 5.74) is 1.34. The molecule has 1 aliphatic rings. The Morgan fingerprint density at radius 1 is 0.972 bits per heavy atom. The van der Waals surface area contributed by atoms with E-state index in [1.54, 1.807) is 43.3 Å². The number of thioether (sulfide) groups is 1. The van der Waals surface area contributed by atoms with Gasteiger partial charge in [0.2, 0.25) is 0 Å². The monoisotopic (exact) mass is 651 g/mol. The first kappa shape index (κ1) is 26.5. The first-order chi connectivity index (χ1) is 17.2. The van der Waals surface area contributed by atoms with E-state index in [9.17, 15) is 18.0 Å². The van der Waals surface area contributed by atoms with E-state index in [2.05, 4.69) is 31.9 Å². The van der Waals surface area contributed by atoms with Crippen LogP contribution in [0.3, 0.4) is 0 Å². The summed E-state index contributed by atoms with van der Waals surface area (Å²) in [6.07, 6.45) is 1.56. The molecular weight excluding hydrogens is 634 g/mol. The largest absolute Gasteiger partial charge is 0.490 e. The predicted octanol–water partition coefficient (Wildman–Crippen LogP) is 6.61. The molecule has 0 atom stereocenters. The highest BCUT2D eigenvalue weighted by atomic mass is 79.9. The average molecular weight is 653 g/mol. The van der Waals surface area contributed by atoms with E-state index in [4.69, 9.17) is 8.92 Å². The van der Waals surface area contributed by atoms with Gasteiger partial charge in [0, 0.05) is 4.47 Å². The molecule has 0 bridgehead atoms. The summed E-state index contributed by atoms with van der Waals surface area (Å²) >= 11 is 7.64. The van der Waals surface area contributed by atoms with Crippen LogP contribution < -0.4 is 8.92 Å². The van der Waals surface area contributed by atoms with Crippen LogP contribution in [0.15, 0.2) is 85.5 Å². The van der Waals surface area contributed by atoms with Crippen LogP contribution in [-0.4, -0.2) is 31.1 Å². The molecule has 0 aromatic heterocycles. The summed E-state index contributed by atoms with van der Waals surface area (Å²) < 4.78 is 37.7. The Labute approximate surface area is 229 Å². The van der Waals surface area contributed by atoms with Gasteiger partial charge in [0.05, 0.1) is 22.5 Å². The number of hydrogen-bond donors (Lipinski definition) is 0. The number of hydrogen-bond acceptors (Lipinski definition) is 7. The van der Waals surface area contributed by atoms with Gasteiger partial charge in [0.1, 0.15) is 4.90 Å². The third-order valence-corrected chi connectivity index (χ3v) is 8.52. The number of nitrogens with zero attached hydrogens (tertiary/aromatic N) is 1. The van der Waals surface area contributed by atoms with Crippen LogP contribution in [0.5, 0.6) is 11.5 Å². The molecule has 1 fully saturated rings. The molecule has 0 N–H and O–H groups in total. The van der Waals surface area contributed by atoms with E-state index in [-0.39, 0.29) is 39.7 Å². The molecule has 2 amide bonds. The Hall–Kier alpha value is -2.60. The lowest BCUT2D eigenvalue weighted by atomic mass is 10.1. The fraction of sp³-hybridized carbons (Fsp3) is 0.120. The number of ether oxygens (including phenoxy) is 1. The van der Waals surface area contributed by atoms with Gasteiger partial charge in [-0.1, -0.05) is 52.3 Å². The maximum Gasteiger partial charge on any atom is 0.339 e. The maximum absolute atomic E-state index is 13.0. The molecular formula is C25H19Br2NO6S2. The maximum atomic E-state index is 13.0. The third kappa shape index (κ3) is 5.86. The molecule has 0 radical (unpaired) electrons. The van der Waals surface area contributed by atoms with Crippen LogP contribution >= 0.6 is 43.6 Å². The topological polar surface area (TPSA) is 90.0 Å². The van der Waals surface area contributed by atoms with Gasteiger partial charge < -0.3 is 8.92 Å². The molecule has 186 valence electrons. The van der Waals surface area contributed by atoms with Crippen molar-refractivity contribution in [3.63, 3.8) is 0 Å². The number of halogens is 2. The Morgan fingerprint density at radius 3 is 2.36 bits per heavy atom. The highest BCUT2D eigenvalue weighted by Gasteiger charge is 2.35. The van der Waals surface area contributed by atoms with Crippen molar-refractivity contribution in [1.82, 2.24) is 4.90 Å². The van der Waals surface area contributed by atoms with Crippen LogP contribution in [0.2, 0.25) is 0 Å². The Morgan fingerprint density at radius 2 is 1.67 bits per heavy atom. The van der Waals surface area contributed by atoms with E-state index in [0.717, 1.165) is 21.8 Å². The third-order valence-electron chi connectivity index (χ3n) is 5.01. The van der Waals surface area contributed by atoms with Crippen LogP contribution in [0.25, 0.3) is 6.08 Å². The Bertz CT molecular complexity index is 1460. The molecule has 0 saturated carbocycles. The van der Waals surface area contributed by atoms with Gasteiger partial charge in [0.15, 0.2) is 11.5 Å². The zero-order valence-electron chi connectivity index (χ0n) is 18.8. The zero-order valence-corrected chi connectivity index (χ0v) is 23.6. The van der Waals surface area contributed by atoms with Gasteiger partial charge >= 0.3 is 10.1 Å². The van der Waals surface area contributed by atoms with Gasteiger partial charge in [0.25, 0.3) is 11.1 Å². The van der Waals surface area contributed by atoms with Crippen molar-refractivity contribution in [2.24, 2.45) is 0 Å². The van der Waals surface area contributed by atoms with E-state index in [1.807, 2.05) is 24.3 Å². The lowest BCUT2D eigenvalue weighted by Gasteiger charge is -2.15. The van der Waals surface area contributed by atoms with Gasteiger partial charge in [-0.15, -0.1) is 0 Å². The second kappa shape index (κ2) is 11.2. The molecule has 3 aromatic rings.